The molecule has 0 aliphatic heterocycles. The lowest BCUT2D eigenvalue weighted by Gasteiger charge is -2.28. The van der Waals surface area contributed by atoms with Gasteiger partial charge in [0.2, 0.25) is 0 Å². The van der Waals surface area contributed by atoms with Gasteiger partial charge < -0.3 is 9.84 Å². The number of aryl methyl sites for hydroxylation is 1. The standard InChI is InChI=1S/C14H18O3/c1-10(9-14(15)16)17-13-8-4-6-11-5-2-3-7-12(11)13/h2-3,5,7,10,13H,4,6,8-9H2,1H3,(H,15,16)/t10-,13?/m0/s1. The number of hydrogen-bond acceptors (Lipinski definition) is 2. The largest absolute Gasteiger partial charge is 0.481 e. The van der Waals surface area contributed by atoms with Crippen LogP contribution in [0.25, 0.3) is 0 Å². The fourth-order valence-corrected chi connectivity index (χ4v) is 2.43. The molecule has 3 heteroatoms. The molecule has 0 aromatic heterocycles. The summed E-state index contributed by atoms with van der Waals surface area (Å²) in [5, 5.41) is 8.73. The molecular formula is C14H18O3. The fourth-order valence-electron chi connectivity index (χ4n) is 2.43. The molecule has 0 saturated heterocycles. The highest BCUT2D eigenvalue weighted by molar-refractivity contribution is 5.67. The molecular weight excluding hydrogens is 216 g/mol. The van der Waals surface area contributed by atoms with E-state index in [9.17, 15) is 4.79 Å². The summed E-state index contributed by atoms with van der Waals surface area (Å²) in [5.74, 6) is -0.804. The molecule has 0 bridgehead atoms. The van der Waals surface area contributed by atoms with E-state index >= 15 is 0 Å². The third-order valence-corrected chi connectivity index (χ3v) is 3.17. The van der Waals surface area contributed by atoms with Crippen molar-refractivity contribution in [3.63, 3.8) is 0 Å². The van der Waals surface area contributed by atoms with Gasteiger partial charge in [-0.1, -0.05) is 24.3 Å². The maximum atomic E-state index is 10.6. The first-order valence-electron chi connectivity index (χ1n) is 6.12. The number of rotatable bonds is 4. The molecule has 0 fully saturated rings. The van der Waals surface area contributed by atoms with E-state index in [0.717, 1.165) is 19.3 Å². The quantitative estimate of drug-likeness (QED) is 0.871. The Kier molecular flexibility index (Phi) is 3.79. The number of fused-ring (bicyclic) bond motifs is 1. The van der Waals surface area contributed by atoms with Crippen LogP contribution in [0.1, 0.15) is 43.4 Å². The Bertz CT molecular complexity index is 400. The van der Waals surface area contributed by atoms with E-state index in [1.807, 2.05) is 19.1 Å². The molecule has 92 valence electrons. The van der Waals surface area contributed by atoms with Crippen molar-refractivity contribution in [1.82, 2.24) is 0 Å². The van der Waals surface area contributed by atoms with Crippen LogP contribution in [-0.4, -0.2) is 17.2 Å². The smallest absolute Gasteiger partial charge is 0.305 e. The van der Waals surface area contributed by atoms with E-state index in [-0.39, 0.29) is 18.6 Å². The van der Waals surface area contributed by atoms with Crippen molar-refractivity contribution in [2.45, 2.75) is 44.8 Å². The van der Waals surface area contributed by atoms with Crippen LogP contribution in [0.15, 0.2) is 24.3 Å². The molecule has 1 aliphatic rings. The summed E-state index contributed by atoms with van der Waals surface area (Å²) < 4.78 is 5.85. The first-order chi connectivity index (χ1) is 8.16. The molecule has 1 aromatic rings. The summed E-state index contributed by atoms with van der Waals surface area (Å²) in [6, 6.07) is 8.28. The molecule has 1 N–H and O–H groups in total. The first-order valence-corrected chi connectivity index (χ1v) is 6.12. The zero-order valence-electron chi connectivity index (χ0n) is 10.1. The Morgan fingerprint density at radius 3 is 3.06 bits per heavy atom. The van der Waals surface area contributed by atoms with E-state index < -0.39 is 5.97 Å². The molecule has 0 radical (unpaired) electrons. The van der Waals surface area contributed by atoms with Gasteiger partial charge in [0.05, 0.1) is 18.6 Å². The number of ether oxygens (including phenoxy) is 1. The van der Waals surface area contributed by atoms with E-state index in [1.165, 1.54) is 11.1 Å². The molecule has 2 rings (SSSR count). The van der Waals surface area contributed by atoms with Gasteiger partial charge in [-0.05, 0) is 37.3 Å². The number of aliphatic carboxylic acids is 1. The number of hydrogen-bond donors (Lipinski definition) is 1. The third kappa shape index (κ3) is 3.07. The summed E-state index contributed by atoms with van der Waals surface area (Å²) in [6.45, 7) is 1.82. The lowest BCUT2D eigenvalue weighted by atomic mass is 9.89. The highest BCUT2D eigenvalue weighted by atomic mass is 16.5. The summed E-state index contributed by atoms with van der Waals surface area (Å²) in [6.07, 6.45) is 3.10. The number of carboxylic acid groups (broad SMARTS) is 1. The second-order valence-corrected chi connectivity index (χ2v) is 4.62. The SMILES string of the molecule is C[C@@H](CC(=O)O)OC1CCCc2ccccc21. The van der Waals surface area contributed by atoms with Crippen LogP contribution in [0.3, 0.4) is 0 Å². The minimum Gasteiger partial charge on any atom is -0.481 e. The first kappa shape index (κ1) is 12.1. The van der Waals surface area contributed by atoms with Gasteiger partial charge >= 0.3 is 5.97 Å². The molecule has 0 spiro atoms. The molecule has 1 aliphatic carbocycles. The normalized spacial score (nSPS) is 20.6. The van der Waals surface area contributed by atoms with Crippen molar-refractivity contribution in [3.05, 3.63) is 35.4 Å². The molecule has 0 amide bonds. The van der Waals surface area contributed by atoms with E-state index in [2.05, 4.69) is 12.1 Å². The zero-order valence-corrected chi connectivity index (χ0v) is 10.1. The summed E-state index contributed by atoms with van der Waals surface area (Å²) >= 11 is 0. The van der Waals surface area contributed by atoms with Gasteiger partial charge in [0.25, 0.3) is 0 Å². The van der Waals surface area contributed by atoms with Crippen molar-refractivity contribution < 1.29 is 14.6 Å². The van der Waals surface area contributed by atoms with Crippen molar-refractivity contribution >= 4 is 5.97 Å². The van der Waals surface area contributed by atoms with Crippen molar-refractivity contribution in [2.24, 2.45) is 0 Å². The highest BCUT2D eigenvalue weighted by Gasteiger charge is 2.22. The average Bonchev–Trinajstić information content (AvgIpc) is 2.28. The van der Waals surface area contributed by atoms with Gasteiger partial charge in [0.15, 0.2) is 0 Å². The fraction of sp³-hybridized carbons (Fsp3) is 0.500. The Morgan fingerprint density at radius 2 is 2.29 bits per heavy atom. The lowest BCUT2D eigenvalue weighted by molar-refractivity contribution is -0.141. The van der Waals surface area contributed by atoms with Crippen molar-refractivity contribution in [3.8, 4) is 0 Å². The summed E-state index contributed by atoms with van der Waals surface area (Å²) in [4.78, 5) is 10.6. The van der Waals surface area contributed by atoms with Crippen LogP contribution >= 0.6 is 0 Å². The van der Waals surface area contributed by atoms with Crippen LogP contribution in [-0.2, 0) is 16.0 Å². The monoisotopic (exact) mass is 234 g/mol. The molecule has 1 aromatic carbocycles. The Balaban J connectivity index is 2.05. The minimum atomic E-state index is -0.804. The second kappa shape index (κ2) is 5.32. The van der Waals surface area contributed by atoms with Crippen molar-refractivity contribution in [2.75, 3.05) is 0 Å². The number of carbonyl (C=O) groups is 1. The maximum Gasteiger partial charge on any atom is 0.305 e. The van der Waals surface area contributed by atoms with E-state index in [1.54, 1.807) is 0 Å². The second-order valence-electron chi connectivity index (χ2n) is 4.62. The Labute approximate surface area is 101 Å². The van der Waals surface area contributed by atoms with E-state index in [0.29, 0.717) is 0 Å². The third-order valence-electron chi connectivity index (χ3n) is 3.17. The molecule has 3 nitrogen and oxygen atoms in total. The molecule has 1 unspecified atom stereocenters. The molecule has 17 heavy (non-hydrogen) atoms. The highest BCUT2D eigenvalue weighted by Crippen LogP contribution is 2.33. The van der Waals surface area contributed by atoms with Crippen LogP contribution in [0, 0.1) is 0 Å². The van der Waals surface area contributed by atoms with E-state index in [4.69, 9.17) is 9.84 Å². The van der Waals surface area contributed by atoms with Gasteiger partial charge in [-0.15, -0.1) is 0 Å². The maximum absolute atomic E-state index is 10.6. The van der Waals surface area contributed by atoms with Crippen LogP contribution in [0.4, 0.5) is 0 Å². The summed E-state index contributed by atoms with van der Waals surface area (Å²) in [5.41, 5.74) is 2.57. The van der Waals surface area contributed by atoms with Gasteiger partial charge in [-0.2, -0.15) is 0 Å². The predicted octanol–water partition coefficient (Wildman–Crippen LogP) is 2.94. The number of benzene rings is 1. The molecule has 2 atom stereocenters. The van der Waals surface area contributed by atoms with Gasteiger partial charge in [-0.25, -0.2) is 0 Å². The average molecular weight is 234 g/mol. The Morgan fingerprint density at radius 1 is 1.53 bits per heavy atom. The van der Waals surface area contributed by atoms with Gasteiger partial charge in [0, 0.05) is 0 Å². The summed E-state index contributed by atoms with van der Waals surface area (Å²) in [7, 11) is 0. The minimum absolute atomic E-state index is 0.0642. The van der Waals surface area contributed by atoms with Crippen LogP contribution < -0.4 is 0 Å². The number of carboxylic acids is 1. The van der Waals surface area contributed by atoms with Crippen LogP contribution in [0.5, 0.6) is 0 Å². The molecule has 0 heterocycles. The van der Waals surface area contributed by atoms with Crippen LogP contribution in [0.2, 0.25) is 0 Å². The van der Waals surface area contributed by atoms with Crippen molar-refractivity contribution in [1.29, 1.82) is 0 Å². The topological polar surface area (TPSA) is 46.5 Å². The Hall–Kier alpha value is -1.35. The molecule has 0 saturated carbocycles. The van der Waals surface area contributed by atoms with Gasteiger partial charge in [-0.3, -0.25) is 4.79 Å². The van der Waals surface area contributed by atoms with Gasteiger partial charge in [0.1, 0.15) is 0 Å². The zero-order chi connectivity index (χ0) is 12.3. The predicted molar refractivity (Wildman–Crippen MR) is 64.9 cm³/mol. The lowest BCUT2D eigenvalue weighted by Crippen LogP contribution is -2.20.